The summed E-state index contributed by atoms with van der Waals surface area (Å²) in [5.74, 6) is -8.53. The first kappa shape index (κ1) is 28.3. The molecule has 0 saturated carbocycles. The topological polar surface area (TPSA) is 99.2 Å². The van der Waals surface area contributed by atoms with Gasteiger partial charge in [-0.25, -0.2) is 31.5 Å². The minimum absolute atomic E-state index is 0.0294. The Morgan fingerprint density at radius 3 is 2.30 bits per heavy atom. The fourth-order valence-corrected chi connectivity index (χ4v) is 4.26. The van der Waals surface area contributed by atoms with Gasteiger partial charge in [0.05, 0.1) is 23.8 Å². The lowest BCUT2D eigenvalue weighted by atomic mass is 9.98. The lowest BCUT2D eigenvalue weighted by Gasteiger charge is -2.40. The fraction of sp³-hybridized carbons (Fsp3) is 0.222. The van der Waals surface area contributed by atoms with E-state index in [-0.39, 0.29) is 17.0 Å². The number of aliphatic carboxylic acids is 1. The summed E-state index contributed by atoms with van der Waals surface area (Å²) in [6, 6.07) is 5.87. The van der Waals surface area contributed by atoms with E-state index in [4.69, 9.17) is 9.84 Å². The van der Waals surface area contributed by atoms with Gasteiger partial charge in [-0.3, -0.25) is 9.69 Å². The van der Waals surface area contributed by atoms with Crippen LogP contribution in [0, 0.1) is 29.1 Å². The molecule has 3 aromatic carbocycles. The van der Waals surface area contributed by atoms with Crippen molar-refractivity contribution >= 4 is 23.6 Å². The first-order valence-electron chi connectivity index (χ1n) is 11.8. The van der Waals surface area contributed by atoms with E-state index < -0.39 is 83.9 Å². The number of carbonyl (C=O) groups is 3. The van der Waals surface area contributed by atoms with Crippen LogP contribution in [0.15, 0.2) is 42.5 Å². The molecule has 13 heteroatoms. The maximum absolute atomic E-state index is 14.9. The van der Waals surface area contributed by atoms with E-state index in [2.05, 4.69) is 5.32 Å². The summed E-state index contributed by atoms with van der Waals surface area (Å²) in [6.45, 7) is -0.329. The molecule has 3 aromatic rings. The van der Waals surface area contributed by atoms with Crippen molar-refractivity contribution < 1.29 is 46.2 Å². The number of urea groups is 1. The van der Waals surface area contributed by atoms with Gasteiger partial charge in [-0.2, -0.15) is 0 Å². The molecule has 8 nitrogen and oxygen atoms in total. The Hall–Kier alpha value is -4.68. The lowest BCUT2D eigenvalue weighted by Crippen LogP contribution is -2.46. The fourth-order valence-electron chi connectivity index (χ4n) is 4.26. The van der Waals surface area contributed by atoms with Crippen LogP contribution in [-0.2, 0) is 17.9 Å². The van der Waals surface area contributed by atoms with E-state index in [9.17, 15) is 36.3 Å². The van der Waals surface area contributed by atoms with Crippen LogP contribution in [0.2, 0.25) is 0 Å². The molecule has 4 rings (SSSR count). The van der Waals surface area contributed by atoms with E-state index in [0.717, 1.165) is 17.0 Å². The van der Waals surface area contributed by atoms with Gasteiger partial charge in [0, 0.05) is 36.9 Å². The van der Waals surface area contributed by atoms with Gasteiger partial charge < -0.3 is 20.1 Å². The third kappa shape index (κ3) is 5.53. The number of hydrogen-bond donors (Lipinski definition) is 2. The van der Waals surface area contributed by atoms with E-state index >= 15 is 0 Å². The summed E-state index contributed by atoms with van der Waals surface area (Å²) in [5, 5.41) is 11.3. The predicted octanol–water partition coefficient (Wildman–Crippen LogP) is 4.91. The Morgan fingerprint density at radius 2 is 1.65 bits per heavy atom. The first-order valence-corrected chi connectivity index (χ1v) is 11.8. The zero-order chi connectivity index (χ0) is 29.3. The number of carbonyl (C=O) groups excluding carboxylic acids is 2. The molecule has 0 radical (unpaired) electrons. The Bertz CT molecular complexity index is 1490. The van der Waals surface area contributed by atoms with E-state index in [1.807, 2.05) is 0 Å². The molecule has 0 unspecified atom stereocenters. The number of benzene rings is 3. The van der Waals surface area contributed by atoms with E-state index in [1.165, 1.54) is 30.1 Å². The molecule has 0 bridgehead atoms. The van der Waals surface area contributed by atoms with Gasteiger partial charge in [-0.15, -0.1) is 0 Å². The molecule has 0 aliphatic carbocycles. The average molecular weight is 563 g/mol. The normalized spacial score (nSPS) is 14.7. The second-order valence-electron chi connectivity index (χ2n) is 8.98. The van der Waals surface area contributed by atoms with Gasteiger partial charge in [-0.1, -0.05) is 6.07 Å². The molecule has 0 fully saturated rings. The average Bonchev–Trinajstić information content (AvgIpc) is 2.90. The van der Waals surface area contributed by atoms with Crippen molar-refractivity contribution in [1.29, 1.82) is 0 Å². The third-order valence-corrected chi connectivity index (χ3v) is 6.50. The van der Waals surface area contributed by atoms with Crippen molar-refractivity contribution in [2.75, 3.05) is 18.6 Å². The highest BCUT2D eigenvalue weighted by Crippen LogP contribution is 2.38. The zero-order valence-electron chi connectivity index (χ0n) is 21.1. The molecule has 40 heavy (non-hydrogen) atoms. The second-order valence-corrected chi connectivity index (χ2v) is 8.98. The van der Waals surface area contributed by atoms with Crippen LogP contribution >= 0.6 is 0 Å². The highest BCUT2D eigenvalue weighted by atomic mass is 19.2. The summed E-state index contributed by atoms with van der Waals surface area (Å²) in [6.07, 6.45) is 0. The van der Waals surface area contributed by atoms with Crippen LogP contribution in [0.5, 0.6) is 5.75 Å². The SMILES string of the molecule is C[C@H]1c2ccc(C(=O)NCc3c(F)cc(F)cc3F)cc2N(Cc2c(OCC(=O)O)ccc(F)c2F)C(=O)N1C. The van der Waals surface area contributed by atoms with Crippen LogP contribution in [0.3, 0.4) is 0 Å². The second kappa shape index (κ2) is 11.2. The highest BCUT2D eigenvalue weighted by molar-refractivity contribution is 5.99. The Labute approximate surface area is 224 Å². The number of carboxylic acid groups (broad SMARTS) is 1. The predicted molar refractivity (Wildman–Crippen MR) is 131 cm³/mol. The van der Waals surface area contributed by atoms with Crippen LogP contribution < -0.4 is 15.0 Å². The number of anilines is 1. The largest absolute Gasteiger partial charge is 0.481 e. The summed E-state index contributed by atoms with van der Waals surface area (Å²) in [5.41, 5.74) is -0.316. The molecular weight excluding hydrogens is 541 g/mol. The monoisotopic (exact) mass is 563 g/mol. The molecule has 2 N–H and O–H groups in total. The Morgan fingerprint density at radius 1 is 0.975 bits per heavy atom. The van der Waals surface area contributed by atoms with Gasteiger partial charge in [0.1, 0.15) is 23.2 Å². The number of rotatable bonds is 8. The van der Waals surface area contributed by atoms with Crippen molar-refractivity contribution in [3.63, 3.8) is 0 Å². The molecule has 210 valence electrons. The Balaban J connectivity index is 1.68. The van der Waals surface area contributed by atoms with Crippen molar-refractivity contribution in [3.05, 3.63) is 93.8 Å². The number of fused-ring (bicyclic) bond motifs is 1. The number of amides is 3. The van der Waals surface area contributed by atoms with Gasteiger partial charge in [0.25, 0.3) is 5.91 Å². The van der Waals surface area contributed by atoms with Crippen LogP contribution in [0.4, 0.5) is 32.4 Å². The molecule has 0 aromatic heterocycles. The van der Waals surface area contributed by atoms with Crippen LogP contribution in [-0.4, -0.2) is 41.6 Å². The van der Waals surface area contributed by atoms with E-state index in [0.29, 0.717) is 17.7 Å². The molecule has 0 spiro atoms. The van der Waals surface area contributed by atoms with E-state index in [1.54, 1.807) is 6.92 Å². The number of carboxylic acids is 1. The summed E-state index contributed by atoms with van der Waals surface area (Å²) >= 11 is 0. The number of nitrogens with zero attached hydrogens (tertiary/aromatic N) is 2. The molecule has 1 atom stereocenters. The number of ether oxygens (including phenoxy) is 1. The molecule has 3 amide bonds. The maximum atomic E-state index is 14.9. The third-order valence-electron chi connectivity index (χ3n) is 6.50. The quantitative estimate of drug-likeness (QED) is 0.380. The summed E-state index contributed by atoms with van der Waals surface area (Å²) in [4.78, 5) is 39.5. The molecule has 0 saturated heterocycles. The minimum atomic E-state index is -1.36. The number of nitrogens with one attached hydrogen (secondary N) is 1. The van der Waals surface area contributed by atoms with Gasteiger partial charge in [-0.05, 0) is 36.8 Å². The number of hydrogen-bond acceptors (Lipinski definition) is 4. The zero-order valence-corrected chi connectivity index (χ0v) is 21.1. The standard InChI is InChI=1S/C27H22F5N3O5/c1-13-16-4-3-14(26(38)33-10-17-20(30)8-15(28)9-21(17)31)7-22(16)35(27(39)34(13)2)11-18-23(40-12-24(36)37)6-5-19(29)25(18)32/h3-9,13H,10-12H2,1-2H3,(H,33,38)(H,36,37)/t13-/m0/s1. The van der Waals surface area contributed by atoms with Gasteiger partial charge in [0.2, 0.25) is 0 Å². The van der Waals surface area contributed by atoms with Crippen LogP contribution in [0.25, 0.3) is 0 Å². The molecule has 1 heterocycles. The summed E-state index contributed by atoms with van der Waals surface area (Å²) < 4.78 is 75.3. The van der Waals surface area contributed by atoms with Gasteiger partial charge in [0.15, 0.2) is 18.2 Å². The van der Waals surface area contributed by atoms with Crippen LogP contribution in [0.1, 0.15) is 40.0 Å². The van der Waals surface area contributed by atoms with Gasteiger partial charge >= 0.3 is 12.0 Å². The minimum Gasteiger partial charge on any atom is -0.481 e. The maximum Gasteiger partial charge on any atom is 0.341 e. The first-order chi connectivity index (χ1) is 18.9. The molecule has 1 aliphatic rings. The number of halogens is 5. The van der Waals surface area contributed by atoms with Crippen molar-refractivity contribution in [2.24, 2.45) is 0 Å². The molecular formula is C27H22F5N3O5. The smallest absolute Gasteiger partial charge is 0.341 e. The molecule has 1 aliphatic heterocycles. The highest BCUT2D eigenvalue weighted by Gasteiger charge is 2.35. The van der Waals surface area contributed by atoms with Crippen molar-refractivity contribution in [2.45, 2.75) is 26.1 Å². The van der Waals surface area contributed by atoms with Crippen molar-refractivity contribution in [1.82, 2.24) is 10.2 Å². The Kier molecular flexibility index (Phi) is 7.93. The summed E-state index contributed by atoms with van der Waals surface area (Å²) in [7, 11) is 1.49. The van der Waals surface area contributed by atoms with Crippen molar-refractivity contribution in [3.8, 4) is 5.75 Å². The lowest BCUT2D eigenvalue weighted by molar-refractivity contribution is -0.139.